The molecule has 2 heterocycles. The highest BCUT2D eigenvalue weighted by molar-refractivity contribution is 4.82. The molecule has 0 aromatic heterocycles. The molecule has 0 aliphatic carbocycles. The lowest BCUT2D eigenvalue weighted by molar-refractivity contribution is 0.0386. The smallest absolute Gasteiger partial charge is 0.0793 e. The number of aliphatic hydroxyl groups excluding tert-OH is 1. The Bertz CT molecular complexity index is 251. The fraction of sp³-hybridized carbons (Fsp3) is 1.00. The molecule has 0 radical (unpaired) electrons. The highest BCUT2D eigenvalue weighted by Crippen LogP contribution is 2.28. The van der Waals surface area contributed by atoms with Gasteiger partial charge in [-0.2, -0.15) is 0 Å². The fourth-order valence-electron chi connectivity index (χ4n) is 3.25. The number of nitrogens with one attached hydrogen (secondary N) is 1. The summed E-state index contributed by atoms with van der Waals surface area (Å²) in [4.78, 5) is 4.81. The Morgan fingerprint density at radius 1 is 1.11 bits per heavy atom. The summed E-state index contributed by atoms with van der Waals surface area (Å²) in [7, 11) is 0. The van der Waals surface area contributed by atoms with Gasteiger partial charge in [0, 0.05) is 45.8 Å². The maximum Gasteiger partial charge on any atom is 0.0793 e. The van der Waals surface area contributed by atoms with E-state index >= 15 is 0 Å². The number of aliphatic hydroxyl groups is 1. The lowest BCUT2D eigenvalue weighted by Gasteiger charge is -2.39. The van der Waals surface area contributed by atoms with Gasteiger partial charge in [0.2, 0.25) is 0 Å². The zero-order valence-electron chi connectivity index (χ0n) is 12.0. The Morgan fingerprint density at radius 3 is 2.44 bits per heavy atom. The standard InChI is InChI=1S/C14H29N3O/c1-14(2)4-3-7-17(12-14)11-13(18)10-16-8-5-15-6-9-16/h13,15,18H,3-12H2,1-2H3. The molecule has 2 aliphatic rings. The van der Waals surface area contributed by atoms with Crippen molar-refractivity contribution in [2.24, 2.45) is 5.41 Å². The van der Waals surface area contributed by atoms with E-state index in [2.05, 4.69) is 29.0 Å². The van der Waals surface area contributed by atoms with Crippen molar-refractivity contribution < 1.29 is 5.11 Å². The molecule has 106 valence electrons. The minimum Gasteiger partial charge on any atom is -0.390 e. The Labute approximate surface area is 111 Å². The molecule has 0 aromatic carbocycles. The van der Waals surface area contributed by atoms with Crippen molar-refractivity contribution in [2.45, 2.75) is 32.8 Å². The number of rotatable bonds is 4. The van der Waals surface area contributed by atoms with Crippen molar-refractivity contribution in [1.29, 1.82) is 0 Å². The largest absolute Gasteiger partial charge is 0.390 e. The fourth-order valence-corrected chi connectivity index (χ4v) is 3.25. The number of piperazine rings is 1. The van der Waals surface area contributed by atoms with Gasteiger partial charge < -0.3 is 15.3 Å². The summed E-state index contributed by atoms with van der Waals surface area (Å²) in [6.07, 6.45) is 2.39. The molecule has 18 heavy (non-hydrogen) atoms. The van der Waals surface area contributed by atoms with Crippen LogP contribution in [0.5, 0.6) is 0 Å². The molecule has 2 aliphatic heterocycles. The van der Waals surface area contributed by atoms with Crippen LogP contribution in [-0.2, 0) is 0 Å². The highest BCUT2D eigenvalue weighted by Gasteiger charge is 2.27. The molecule has 2 rings (SSSR count). The average Bonchev–Trinajstić information content (AvgIpc) is 2.28. The summed E-state index contributed by atoms with van der Waals surface area (Å²) in [5, 5.41) is 13.6. The van der Waals surface area contributed by atoms with Crippen LogP contribution in [0.3, 0.4) is 0 Å². The normalized spacial score (nSPS) is 28.2. The van der Waals surface area contributed by atoms with Crippen molar-refractivity contribution in [3.05, 3.63) is 0 Å². The first-order valence-corrected chi connectivity index (χ1v) is 7.39. The molecule has 4 heteroatoms. The molecule has 4 nitrogen and oxygen atoms in total. The van der Waals surface area contributed by atoms with E-state index in [-0.39, 0.29) is 6.10 Å². The Kier molecular flexibility index (Phi) is 5.01. The summed E-state index contributed by atoms with van der Waals surface area (Å²) in [5.41, 5.74) is 0.424. The van der Waals surface area contributed by atoms with Gasteiger partial charge >= 0.3 is 0 Å². The molecule has 0 aromatic rings. The van der Waals surface area contributed by atoms with Crippen LogP contribution in [0.1, 0.15) is 26.7 Å². The van der Waals surface area contributed by atoms with Crippen LogP contribution in [0.2, 0.25) is 0 Å². The van der Waals surface area contributed by atoms with Gasteiger partial charge in [0.1, 0.15) is 0 Å². The van der Waals surface area contributed by atoms with Gasteiger partial charge in [-0.1, -0.05) is 13.8 Å². The number of nitrogens with zero attached hydrogens (tertiary/aromatic N) is 2. The molecular formula is C14H29N3O. The van der Waals surface area contributed by atoms with Gasteiger partial charge in [-0.05, 0) is 24.8 Å². The zero-order valence-corrected chi connectivity index (χ0v) is 12.0. The minimum absolute atomic E-state index is 0.197. The van der Waals surface area contributed by atoms with Gasteiger partial charge in [-0.25, -0.2) is 0 Å². The van der Waals surface area contributed by atoms with E-state index in [0.29, 0.717) is 5.41 Å². The van der Waals surface area contributed by atoms with Gasteiger partial charge in [0.25, 0.3) is 0 Å². The number of β-amino-alcohol motifs (C(OH)–C–C–N with tert-alkyl or cyclic N) is 1. The average molecular weight is 255 g/mol. The second-order valence-electron chi connectivity index (χ2n) is 6.71. The van der Waals surface area contributed by atoms with Crippen molar-refractivity contribution in [3.63, 3.8) is 0 Å². The van der Waals surface area contributed by atoms with Crippen LogP contribution < -0.4 is 5.32 Å². The molecule has 0 spiro atoms. The van der Waals surface area contributed by atoms with Crippen molar-refractivity contribution >= 4 is 0 Å². The second-order valence-corrected chi connectivity index (χ2v) is 6.71. The monoisotopic (exact) mass is 255 g/mol. The third-order valence-electron chi connectivity index (χ3n) is 4.13. The molecule has 0 saturated carbocycles. The van der Waals surface area contributed by atoms with Crippen LogP contribution in [0.15, 0.2) is 0 Å². The Hall–Kier alpha value is -0.160. The first-order chi connectivity index (χ1) is 8.55. The molecule has 0 bridgehead atoms. The van der Waals surface area contributed by atoms with E-state index in [1.807, 2.05) is 0 Å². The molecule has 2 N–H and O–H groups in total. The van der Waals surface area contributed by atoms with Crippen molar-refractivity contribution in [1.82, 2.24) is 15.1 Å². The maximum absolute atomic E-state index is 10.2. The van der Waals surface area contributed by atoms with Crippen molar-refractivity contribution in [2.75, 3.05) is 52.4 Å². The summed E-state index contributed by atoms with van der Waals surface area (Å²) >= 11 is 0. The van der Waals surface area contributed by atoms with Gasteiger partial charge in [-0.15, -0.1) is 0 Å². The Morgan fingerprint density at radius 2 is 1.78 bits per heavy atom. The first-order valence-electron chi connectivity index (χ1n) is 7.39. The van der Waals surface area contributed by atoms with E-state index in [9.17, 15) is 5.11 Å². The van der Waals surface area contributed by atoms with Gasteiger partial charge in [0.15, 0.2) is 0 Å². The van der Waals surface area contributed by atoms with Crippen LogP contribution >= 0.6 is 0 Å². The summed E-state index contributed by atoms with van der Waals surface area (Å²) in [6, 6.07) is 0. The van der Waals surface area contributed by atoms with E-state index < -0.39 is 0 Å². The van der Waals surface area contributed by atoms with Gasteiger partial charge in [-0.3, -0.25) is 4.90 Å². The van der Waals surface area contributed by atoms with Crippen LogP contribution in [-0.4, -0.2) is 73.4 Å². The van der Waals surface area contributed by atoms with Gasteiger partial charge in [0.05, 0.1) is 6.10 Å². The predicted molar refractivity (Wildman–Crippen MR) is 74.8 cm³/mol. The van der Waals surface area contributed by atoms with E-state index in [1.54, 1.807) is 0 Å². The zero-order chi connectivity index (χ0) is 13.0. The highest BCUT2D eigenvalue weighted by atomic mass is 16.3. The third kappa shape index (κ3) is 4.50. The van der Waals surface area contributed by atoms with Crippen LogP contribution in [0.25, 0.3) is 0 Å². The number of likely N-dealkylation sites (tertiary alicyclic amines) is 1. The molecule has 2 fully saturated rings. The van der Waals surface area contributed by atoms with E-state index in [0.717, 1.165) is 52.4 Å². The molecular weight excluding hydrogens is 226 g/mol. The summed E-state index contributed by atoms with van der Waals surface area (Å²) in [5.74, 6) is 0. The topological polar surface area (TPSA) is 38.7 Å². The third-order valence-corrected chi connectivity index (χ3v) is 4.13. The SMILES string of the molecule is CC1(C)CCCN(CC(O)CN2CCNCC2)C1. The number of hydrogen-bond acceptors (Lipinski definition) is 4. The molecule has 0 amide bonds. The lowest BCUT2D eigenvalue weighted by atomic mass is 9.84. The summed E-state index contributed by atoms with van der Waals surface area (Å²) < 4.78 is 0. The van der Waals surface area contributed by atoms with E-state index in [4.69, 9.17) is 0 Å². The van der Waals surface area contributed by atoms with Crippen molar-refractivity contribution in [3.8, 4) is 0 Å². The van der Waals surface area contributed by atoms with Crippen LogP contribution in [0.4, 0.5) is 0 Å². The predicted octanol–water partition coefficient (Wildman–Crippen LogP) is 0.375. The first kappa shape index (κ1) is 14.3. The minimum atomic E-state index is -0.197. The van der Waals surface area contributed by atoms with E-state index in [1.165, 1.54) is 12.8 Å². The maximum atomic E-state index is 10.2. The number of hydrogen-bond donors (Lipinski definition) is 2. The molecule has 1 unspecified atom stereocenters. The molecule has 2 saturated heterocycles. The summed E-state index contributed by atoms with van der Waals surface area (Å²) in [6.45, 7) is 12.9. The molecule has 1 atom stereocenters. The lowest BCUT2D eigenvalue weighted by Crippen LogP contribution is -2.50. The quantitative estimate of drug-likeness (QED) is 0.761. The Balaban J connectivity index is 1.71. The second kappa shape index (κ2) is 6.33. The van der Waals surface area contributed by atoms with Crippen LogP contribution in [0, 0.1) is 5.41 Å². The number of piperidine rings is 1.